The van der Waals surface area contributed by atoms with Crippen LogP contribution in [0.1, 0.15) is 23.1 Å². The first-order valence-corrected chi connectivity index (χ1v) is 10.5. The number of fused-ring (bicyclic) bond motifs is 4. The fourth-order valence-electron chi connectivity index (χ4n) is 4.40. The minimum atomic E-state index is -1.14. The summed E-state index contributed by atoms with van der Waals surface area (Å²) in [6.45, 7) is 3.87. The van der Waals surface area contributed by atoms with Crippen molar-refractivity contribution >= 4 is 22.8 Å². The molecule has 12 nitrogen and oxygen atoms in total. The first-order valence-electron chi connectivity index (χ1n) is 10.5. The first kappa shape index (κ1) is 19.6. The van der Waals surface area contributed by atoms with Gasteiger partial charge in [-0.25, -0.2) is 24.4 Å². The summed E-state index contributed by atoms with van der Waals surface area (Å²) in [5.41, 5.74) is 2.03. The number of ether oxygens (including phenoxy) is 2. The number of aromatic nitrogens is 7. The summed E-state index contributed by atoms with van der Waals surface area (Å²) in [7, 11) is 0. The van der Waals surface area contributed by atoms with E-state index in [0.717, 1.165) is 16.6 Å². The molecule has 0 radical (unpaired) electrons. The topological polar surface area (TPSA) is 144 Å². The summed E-state index contributed by atoms with van der Waals surface area (Å²) in [5, 5.41) is 17.7. The second-order valence-electron chi connectivity index (χ2n) is 8.11. The lowest BCUT2D eigenvalue weighted by Crippen LogP contribution is -2.56. The lowest BCUT2D eigenvalue weighted by molar-refractivity contribution is 0.0483. The van der Waals surface area contributed by atoms with E-state index in [1.807, 2.05) is 18.3 Å². The number of carboxylic acids is 1. The first-order chi connectivity index (χ1) is 16.1. The molecule has 0 aromatic carbocycles. The molecule has 168 valence electrons. The second-order valence-corrected chi connectivity index (χ2v) is 8.11. The van der Waals surface area contributed by atoms with Crippen molar-refractivity contribution in [3.05, 3.63) is 42.1 Å². The van der Waals surface area contributed by atoms with Gasteiger partial charge in [0, 0.05) is 23.3 Å². The number of rotatable bonds is 4. The fraction of sp³-hybridized carbons (Fsp3) is 0.333. The number of nitrogens with zero attached hydrogens (tertiary/aromatic N) is 7. The quantitative estimate of drug-likeness (QED) is 0.469. The molecule has 12 heteroatoms. The maximum absolute atomic E-state index is 11.2. The monoisotopic (exact) mass is 448 g/mol. The SMILES string of the molecule is C[C@@H]1COC[C@H]2COc3c(Cn4cc(C(=O)O)nn4)nc(-c4ccnc5[nH]ccc45)nc3N21. The van der Waals surface area contributed by atoms with Crippen molar-refractivity contribution in [1.29, 1.82) is 0 Å². The van der Waals surface area contributed by atoms with E-state index in [1.54, 1.807) is 6.20 Å². The van der Waals surface area contributed by atoms with Gasteiger partial charge in [0.1, 0.15) is 17.9 Å². The third-order valence-corrected chi connectivity index (χ3v) is 5.89. The van der Waals surface area contributed by atoms with Gasteiger partial charge < -0.3 is 24.5 Å². The van der Waals surface area contributed by atoms with Crippen LogP contribution in [-0.4, -0.2) is 77.9 Å². The molecule has 1 saturated heterocycles. The van der Waals surface area contributed by atoms with E-state index in [4.69, 9.17) is 19.4 Å². The van der Waals surface area contributed by atoms with Crippen molar-refractivity contribution in [2.45, 2.75) is 25.6 Å². The number of aromatic carboxylic acids is 1. The Hall–Kier alpha value is -4.06. The Morgan fingerprint density at radius 1 is 1.27 bits per heavy atom. The van der Waals surface area contributed by atoms with Gasteiger partial charge in [0.15, 0.2) is 23.1 Å². The molecular formula is C21H20N8O4. The van der Waals surface area contributed by atoms with Crippen LogP contribution in [0, 0.1) is 0 Å². The zero-order valence-electron chi connectivity index (χ0n) is 17.7. The van der Waals surface area contributed by atoms with Crippen LogP contribution < -0.4 is 9.64 Å². The average molecular weight is 448 g/mol. The molecule has 2 atom stereocenters. The van der Waals surface area contributed by atoms with Gasteiger partial charge in [-0.3, -0.25) is 0 Å². The highest BCUT2D eigenvalue weighted by atomic mass is 16.5. The van der Waals surface area contributed by atoms with Crippen LogP contribution in [0.5, 0.6) is 5.75 Å². The Bertz CT molecular complexity index is 1370. The number of anilines is 1. The Balaban J connectivity index is 1.52. The van der Waals surface area contributed by atoms with Crippen LogP contribution in [0.3, 0.4) is 0 Å². The number of carbonyl (C=O) groups is 1. The molecule has 33 heavy (non-hydrogen) atoms. The third-order valence-electron chi connectivity index (χ3n) is 5.89. The van der Waals surface area contributed by atoms with Crippen molar-refractivity contribution in [2.24, 2.45) is 0 Å². The molecule has 6 rings (SSSR count). The summed E-state index contributed by atoms with van der Waals surface area (Å²) < 4.78 is 13.3. The highest BCUT2D eigenvalue weighted by Crippen LogP contribution is 2.39. The van der Waals surface area contributed by atoms with Crippen molar-refractivity contribution < 1.29 is 19.4 Å². The van der Waals surface area contributed by atoms with Crippen LogP contribution in [0.2, 0.25) is 0 Å². The number of nitrogens with one attached hydrogen (secondary N) is 1. The van der Waals surface area contributed by atoms with Gasteiger partial charge in [-0.1, -0.05) is 5.21 Å². The molecule has 4 aromatic rings. The van der Waals surface area contributed by atoms with E-state index in [1.165, 1.54) is 10.9 Å². The van der Waals surface area contributed by atoms with E-state index >= 15 is 0 Å². The number of hydrogen-bond acceptors (Lipinski definition) is 9. The lowest BCUT2D eigenvalue weighted by atomic mass is 10.1. The minimum Gasteiger partial charge on any atom is -0.486 e. The highest BCUT2D eigenvalue weighted by Gasteiger charge is 2.38. The normalized spacial score (nSPS) is 19.7. The summed E-state index contributed by atoms with van der Waals surface area (Å²) in [4.78, 5) is 30.7. The van der Waals surface area contributed by atoms with Crippen molar-refractivity contribution in [1.82, 2.24) is 34.9 Å². The Morgan fingerprint density at radius 3 is 3.03 bits per heavy atom. The molecular weight excluding hydrogens is 428 g/mol. The highest BCUT2D eigenvalue weighted by molar-refractivity contribution is 5.91. The molecule has 0 amide bonds. The average Bonchev–Trinajstić information content (AvgIpc) is 3.48. The van der Waals surface area contributed by atoms with Gasteiger partial charge in [-0.2, -0.15) is 0 Å². The molecule has 2 aliphatic heterocycles. The maximum atomic E-state index is 11.2. The fourth-order valence-corrected chi connectivity index (χ4v) is 4.40. The number of H-pyrrole nitrogens is 1. The smallest absolute Gasteiger partial charge is 0.358 e. The predicted octanol–water partition coefficient (Wildman–Crippen LogP) is 1.34. The minimum absolute atomic E-state index is 0.0477. The number of hydrogen-bond donors (Lipinski definition) is 2. The van der Waals surface area contributed by atoms with Gasteiger partial charge in [0.05, 0.1) is 38.0 Å². The van der Waals surface area contributed by atoms with Crippen LogP contribution in [0.4, 0.5) is 5.82 Å². The van der Waals surface area contributed by atoms with Gasteiger partial charge in [-0.05, 0) is 19.1 Å². The van der Waals surface area contributed by atoms with Crippen LogP contribution >= 0.6 is 0 Å². The van der Waals surface area contributed by atoms with E-state index in [-0.39, 0.29) is 24.3 Å². The van der Waals surface area contributed by atoms with E-state index < -0.39 is 5.97 Å². The second kappa shape index (κ2) is 7.52. The van der Waals surface area contributed by atoms with Gasteiger partial charge in [-0.15, -0.1) is 5.10 Å². The molecule has 6 heterocycles. The molecule has 0 saturated carbocycles. The van der Waals surface area contributed by atoms with Gasteiger partial charge in [0.25, 0.3) is 0 Å². The van der Waals surface area contributed by atoms with Crippen LogP contribution in [-0.2, 0) is 11.3 Å². The van der Waals surface area contributed by atoms with E-state index in [0.29, 0.717) is 42.9 Å². The molecule has 0 bridgehead atoms. The molecule has 0 aliphatic carbocycles. The van der Waals surface area contributed by atoms with Crippen molar-refractivity contribution in [3.8, 4) is 17.1 Å². The van der Waals surface area contributed by atoms with Crippen LogP contribution in [0.25, 0.3) is 22.4 Å². The van der Waals surface area contributed by atoms with E-state index in [2.05, 4.69) is 32.1 Å². The molecule has 1 fully saturated rings. The zero-order chi connectivity index (χ0) is 22.5. The molecule has 2 aliphatic rings. The lowest BCUT2D eigenvalue weighted by Gasteiger charge is -2.44. The predicted molar refractivity (Wildman–Crippen MR) is 115 cm³/mol. The Morgan fingerprint density at radius 2 is 2.18 bits per heavy atom. The van der Waals surface area contributed by atoms with Crippen LogP contribution in [0.15, 0.2) is 30.7 Å². The maximum Gasteiger partial charge on any atom is 0.358 e. The number of morpholine rings is 1. The standard InChI is InChI=1S/C21H20N8O4/c1-11-8-32-9-12-10-33-17-15(6-28-7-16(21(30)31)26-27-28)24-19(25-20(17)29(11)12)14-3-5-23-18-13(14)2-4-22-18/h2-5,7,11-12H,6,8-10H2,1H3,(H,22,23)(H,30,31)/t11-,12+/m1/s1. The molecule has 0 unspecified atom stereocenters. The van der Waals surface area contributed by atoms with E-state index in [9.17, 15) is 9.90 Å². The molecule has 2 N–H and O–H groups in total. The summed E-state index contributed by atoms with van der Waals surface area (Å²) >= 11 is 0. The number of carboxylic acid groups (broad SMARTS) is 1. The summed E-state index contributed by atoms with van der Waals surface area (Å²) in [6.07, 6.45) is 4.91. The molecule has 4 aromatic heterocycles. The van der Waals surface area contributed by atoms with Crippen molar-refractivity contribution in [3.63, 3.8) is 0 Å². The van der Waals surface area contributed by atoms with Gasteiger partial charge in [0.2, 0.25) is 0 Å². The summed E-state index contributed by atoms with van der Waals surface area (Å²) in [5.74, 6) is 0.647. The summed E-state index contributed by atoms with van der Waals surface area (Å²) in [6, 6.07) is 3.97. The number of aromatic amines is 1. The third kappa shape index (κ3) is 3.26. The number of pyridine rings is 1. The van der Waals surface area contributed by atoms with Gasteiger partial charge >= 0.3 is 5.97 Å². The Kier molecular flexibility index (Phi) is 4.47. The molecule has 0 spiro atoms. The van der Waals surface area contributed by atoms with Crippen molar-refractivity contribution in [2.75, 3.05) is 24.7 Å². The zero-order valence-corrected chi connectivity index (χ0v) is 17.7. The Labute approximate surface area is 187 Å². The largest absolute Gasteiger partial charge is 0.486 e.